The molecule has 0 saturated heterocycles. The SMILES string of the molecule is COC(=O)C1(C/C=C/Cl)Nc2cc(C)cc(C)c2C1=O. The zero-order chi connectivity index (χ0) is 14.9. The molecule has 0 amide bonds. The maximum absolute atomic E-state index is 12.7. The van der Waals surface area contributed by atoms with Gasteiger partial charge in [-0.2, -0.15) is 0 Å². The molecule has 2 rings (SSSR count). The molecule has 0 aliphatic carbocycles. The minimum Gasteiger partial charge on any atom is -0.467 e. The highest BCUT2D eigenvalue weighted by Crippen LogP contribution is 2.38. The van der Waals surface area contributed by atoms with E-state index in [1.165, 1.54) is 12.6 Å². The van der Waals surface area contributed by atoms with Crippen LogP contribution in [0, 0.1) is 13.8 Å². The number of anilines is 1. The molecule has 0 fully saturated rings. The normalized spacial score (nSPS) is 20.9. The van der Waals surface area contributed by atoms with Crippen LogP contribution in [0.1, 0.15) is 27.9 Å². The molecule has 1 aromatic carbocycles. The standard InChI is InChI=1S/C15H16ClNO3/c1-9-7-10(2)12-11(8-9)17-15(13(12)18,5-4-6-16)14(19)20-3/h4,6-8,17H,5H2,1-3H3/b6-4+. The number of methoxy groups -OCH3 is 1. The van der Waals surface area contributed by atoms with Crippen molar-refractivity contribution in [2.24, 2.45) is 0 Å². The minimum absolute atomic E-state index is 0.148. The Labute approximate surface area is 122 Å². The van der Waals surface area contributed by atoms with E-state index in [2.05, 4.69) is 5.32 Å². The fourth-order valence-corrected chi connectivity index (χ4v) is 2.72. The van der Waals surface area contributed by atoms with E-state index in [0.717, 1.165) is 11.1 Å². The van der Waals surface area contributed by atoms with Crippen LogP contribution in [0.4, 0.5) is 5.69 Å². The van der Waals surface area contributed by atoms with E-state index in [4.69, 9.17) is 16.3 Å². The number of ether oxygens (including phenoxy) is 1. The molecule has 1 unspecified atom stereocenters. The second-order valence-electron chi connectivity index (χ2n) is 4.92. The Morgan fingerprint density at radius 3 is 2.75 bits per heavy atom. The minimum atomic E-state index is -1.42. The van der Waals surface area contributed by atoms with Gasteiger partial charge in [-0.15, -0.1) is 0 Å². The molecule has 106 valence electrons. The lowest BCUT2D eigenvalue weighted by molar-refractivity contribution is -0.143. The Morgan fingerprint density at radius 1 is 1.45 bits per heavy atom. The Balaban J connectivity index is 2.56. The van der Waals surface area contributed by atoms with Crippen LogP contribution in [0.15, 0.2) is 23.7 Å². The third-order valence-electron chi connectivity index (χ3n) is 3.49. The van der Waals surface area contributed by atoms with Crippen molar-refractivity contribution in [2.45, 2.75) is 25.8 Å². The van der Waals surface area contributed by atoms with Crippen LogP contribution in [0.3, 0.4) is 0 Å². The van der Waals surface area contributed by atoms with Crippen molar-refractivity contribution in [2.75, 3.05) is 12.4 Å². The highest BCUT2D eigenvalue weighted by molar-refractivity contribution is 6.26. The van der Waals surface area contributed by atoms with Gasteiger partial charge in [0.05, 0.1) is 7.11 Å². The molecule has 0 spiro atoms. The van der Waals surface area contributed by atoms with Crippen LogP contribution >= 0.6 is 11.6 Å². The predicted molar refractivity (Wildman–Crippen MR) is 78.2 cm³/mol. The summed E-state index contributed by atoms with van der Waals surface area (Å²) >= 11 is 5.53. The molecule has 0 aromatic heterocycles. The largest absolute Gasteiger partial charge is 0.467 e. The average molecular weight is 294 g/mol. The predicted octanol–water partition coefficient (Wildman–Crippen LogP) is 2.97. The summed E-state index contributed by atoms with van der Waals surface area (Å²) in [5.74, 6) is -0.878. The lowest BCUT2D eigenvalue weighted by Gasteiger charge is -2.23. The van der Waals surface area contributed by atoms with E-state index in [9.17, 15) is 9.59 Å². The smallest absolute Gasteiger partial charge is 0.340 e. The summed E-state index contributed by atoms with van der Waals surface area (Å²) in [6, 6.07) is 3.78. The zero-order valence-corrected chi connectivity index (χ0v) is 12.4. The summed E-state index contributed by atoms with van der Waals surface area (Å²) in [4.78, 5) is 24.9. The first-order chi connectivity index (χ1) is 9.46. The summed E-state index contributed by atoms with van der Waals surface area (Å²) in [6.45, 7) is 3.80. The number of ketones is 1. The number of carbonyl (C=O) groups is 2. The topological polar surface area (TPSA) is 55.4 Å². The number of rotatable bonds is 3. The van der Waals surface area contributed by atoms with E-state index in [0.29, 0.717) is 11.3 Å². The average Bonchev–Trinajstić information content (AvgIpc) is 2.69. The van der Waals surface area contributed by atoms with Crippen LogP contribution in [0.25, 0.3) is 0 Å². The third kappa shape index (κ3) is 2.10. The first-order valence-electron chi connectivity index (χ1n) is 6.24. The Kier molecular flexibility index (Phi) is 3.86. The van der Waals surface area contributed by atoms with Gasteiger partial charge in [-0.05, 0) is 31.0 Å². The van der Waals surface area contributed by atoms with E-state index in [-0.39, 0.29) is 12.2 Å². The summed E-state index contributed by atoms with van der Waals surface area (Å²) < 4.78 is 4.81. The maximum Gasteiger partial charge on any atom is 0.340 e. The van der Waals surface area contributed by atoms with E-state index in [1.54, 1.807) is 6.08 Å². The second kappa shape index (κ2) is 5.29. The van der Waals surface area contributed by atoms with Gasteiger partial charge in [0.15, 0.2) is 0 Å². The third-order valence-corrected chi connectivity index (χ3v) is 3.67. The molecule has 4 nitrogen and oxygen atoms in total. The van der Waals surface area contributed by atoms with E-state index >= 15 is 0 Å². The number of Topliss-reactive ketones (excluding diaryl/α,β-unsaturated/α-hetero) is 1. The van der Waals surface area contributed by atoms with Gasteiger partial charge in [0, 0.05) is 23.2 Å². The Hall–Kier alpha value is -1.81. The van der Waals surface area contributed by atoms with Crippen molar-refractivity contribution in [3.05, 3.63) is 40.4 Å². The fourth-order valence-electron chi connectivity index (χ4n) is 2.63. The lowest BCUT2D eigenvalue weighted by atomic mass is 9.88. The first-order valence-corrected chi connectivity index (χ1v) is 6.68. The van der Waals surface area contributed by atoms with E-state index < -0.39 is 11.5 Å². The zero-order valence-electron chi connectivity index (χ0n) is 11.6. The van der Waals surface area contributed by atoms with Gasteiger partial charge in [0.25, 0.3) is 0 Å². The molecule has 0 saturated carbocycles. The number of esters is 1. The molecule has 1 aromatic rings. The molecule has 0 radical (unpaired) electrons. The van der Waals surface area contributed by atoms with Gasteiger partial charge in [0.2, 0.25) is 11.3 Å². The molecule has 1 atom stereocenters. The van der Waals surface area contributed by atoms with Gasteiger partial charge in [-0.1, -0.05) is 23.7 Å². The summed E-state index contributed by atoms with van der Waals surface area (Å²) in [5.41, 5.74) is 2.96. The van der Waals surface area contributed by atoms with Crippen LogP contribution < -0.4 is 5.32 Å². The fraction of sp³-hybridized carbons (Fsp3) is 0.333. The lowest BCUT2D eigenvalue weighted by Crippen LogP contribution is -2.50. The quantitative estimate of drug-likeness (QED) is 0.687. The number of fused-ring (bicyclic) bond motifs is 1. The molecular weight excluding hydrogens is 278 g/mol. The van der Waals surface area contributed by atoms with Crippen molar-refractivity contribution < 1.29 is 14.3 Å². The Morgan fingerprint density at radius 2 is 2.15 bits per heavy atom. The summed E-state index contributed by atoms with van der Waals surface area (Å²) in [6.07, 6.45) is 1.71. The highest BCUT2D eigenvalue weighted by atomic mass is 35.5. The van der Waals surface area contributed by atoms with Crippen molar-refractivity contribution in [1.82, 2.24) is 0 Å². The number of benzene rings is 1. The Bertz CT molecular complexity index is 609. The summed E-state index contributed by atoms with van der Waals surface area (Å²) in [5, 5.41) is 3.03. The highest BCUT2D eigenvalue weighted by Gasteiger charge is 2.52. The molecule has 1 N–H and O–H groups in total. The van der Waals surface area contributed by atoms with Crippen molar-refractivity contribution in [3.63, 3.8) is 0 Å². The van der Waals surface area contributed by atoms with Gasteiger partial charge in [-0.25, -0.2) is 4.79 Å². The number of nitrogens with one attached hydrogen (secondary N) is 1. The number of halogens is 1. The van der Waals surface area contributed by atoms with Gasteiger partial charge in [0.1, 0.15) is 0 Å². The van der Waals surface area contributed by atoms with Crippen molar-refractivity contribution in [1.29, 1.82) is 0 Å². The monoisotopic (exact) mass is 293 g/mol. The van der Waals surface area contributed by atoms with Crippen molar-refractivity contribution in [3.8, 4) is 0 Å². The van der Waals surface area contributed by atoms with Crippen molar-refractivity contribution >= 4 is 29.0 Å². The van der Waals surface area contributed by atoms with Gasteiger partial charge < -0.3 is 10.1 Å². The molecule has 1 aliphatic rings. The maximum atomic E-state index is 12.7. The molecule has 20 heavy (non-hydrogen) atoms. The van der Waals surface area contributed by atoms with Crippen LogP contribution in [-0.2, 0) is 9.53 Å². The molecule has 0 bridgehead atoms. The van der Waals surface area contributed by atoms with Crippen LogP contribution in [-0.4, -0.2) is 24.4 Å². The van der Waals surface area contributed by atoms with Crippen LogP contribution in [0.5, 0.6) is 0 Å². The number of aryl methyl sites for hydroxylation is 2. The molecule has 5 heteroatoms. The van der Waals surface area contributed by atoms with E-state index in [1.807, 2.05) is 26.0 Å². The van der Waals surface area contributed by atoms with Gasteiger partial charge in [-0.3, -0.25) is 4.79 Å². The summed E-state index contributed by atoms with van der Waals surface area (Å²) in [7, 11) is 1.27. The molecule has 1 heterocycles. The first kappa shape index (κ1) is 14.6. The molecule has 1 aliphatic heterocycles. The molecular formula is C15H16ClNO3. The number of carbonyl (C=O) groups excluding carboxylic acids is 2. The number of hydrogen-bond donors (Lipinski definition) is 1. The number of hydrogen-bond acceptors (Lipinski definition) is 4. The second-order valence-corrected chi connectivity index (χ2v) is 5.17. The van der Waals surface area contributed by atoms with Crippen LogP contribution in [0.2, 0.25) is 0 Å². The van der Waals surface area contributed by atoms with Gasteiger partial charge >= 0.3 is 5.97 Å².